The number of benzene rings is 1. The van der Waals surface area contributed by atoms with E-state index in [0.29, 0.717) is 19.1 Å². The van der Waals surface area contributed by atoms with Gasteiger partial charge in [-0.05, 0) is 49.9 Å². The Morgan fingerprint density at radius 2 is 1.91 bits per heavy atom. The van der Waals surface area contributed by atoms with Crippen molar-refractivity contribution in [1.82, 2.24) is 0 Å². The highest BCUT2D eigenvalue weighted by Crippen LogP contribution is 2.23. The third kappa shape index (κ3) is 5.48. The molecule has 1 heterocycles. The van der Waals surface area contributed by atoms with Gasteiger partial charge in [0.25, 0.3) is 0 Å². The van der Waals surface area contributed by atoms with Gasteiger partial charge in [-0.2, -0.15) is 0 Å². The van der Waals surface area contributed by atoms with Crippen molar-refractivity contribution in [1.29, 1.82) is 0 Å². The van der Waals surface area contributed by atoms with Crippen LogP contribution in [0.15, 0.2) is 18.2 Å². The summed E-state index contributed by atoms with van der Waals surface area (Å²) in [6, 6.07) is 6.19. The van der Waals surface area contributed by atoms with Gasteiger partial charge in [0.15, 0.2) is 0 Å². The molecular weight excluding hydrogens is 290 g/mol. The van der Waals surface area contributed by atoms with Gasteiger partial charge in [-0.25, -0.2) is 0 Å². The molecule has 0 aliphatic carbocycles. The maximum Gasteiger partial charge on any atom is 0.137 e. The third-order valence-corrected chi connectivity index (χ3v) is 4.45. The van der Waals surface area contributed by atoms with E-state index in [-0.39, 0.29) is 12.2 Å². The van der Waals surface area contributed by atoms with Crippen molar-refractivity contribution in [2.45, 2.75) is 58.8 Å². The van der Waals surface area contributed by atoms with Crippen LogP contribution in [0.4, 0.5) is 0 Å². The summed E-state index contributed by atoms with van der Waals surface area (Å²) in [6.45, 7) is 13.6. The number of hydrogen-bond acceptors (Lipinski definition) is 3. The summed E-state index contributed by atoms with van der Waals surface area (Å²) in [5.74, 6) is 1.35. The Kier molecular flexibility index (Phi) is 6.45. The number of aliphatic hydroxyl groups is 1. The Labute approximate surface area is 140 Å². The van der Waals surface area contributed by atoms with E-state index in [2.05, 4.69) is 46.8 Å². The smallest absolute Gasteiger partial charge is 0.137 e. The number of aliphatic hydroxyl groups excluding tert-OH is 1. The predicted octanol–water partition coefficient (Wildman–Crippen LogP) is 1.55. The highest BCUT2D eigenvalue weighted by atomic mass is 16.5. The van der Waals surface area contributed by atoms with E-state index in [1.54, 1.807) is 0 Å². The SMILES string of the molecule is Cc1cc(OC[C@@H](O)C[NH+]2C[C@@H](C)O[C@H](C)C2)ccc1C(C)C. The van der Waals surface area contributed by atoms with Crippen LogP contribution in [-0.4, -0.2) is 49.7 Å². The highest BCUT2D eigenvalue weighted by Gasteiger charge is 2.27. The molecule has 0 aromatic heterocycles. The maximum atomic E-state index is 10.3. The lowest BCUT2D eigenvalue weighted by Crippen LogP contribution is -3.16. The lowest BCUT2D eigenvalue weighted by atomic mass is 9.98. The lowest BCUT2D eigenvalue weighted by Gasteiger charge is -2.33. The van der Waals surface area contributed by atoms with E-state index in [0.717, 1.165) is 18.8 Å². The molecule has 1 saturated heterocycles. The molecule has 0 spiro atoms. The van der Waals surface area contributed by atoms with Gasteiger partial charge < -0.3 is 19.5 Å². The number of nitrogens with one attached hydrogen (secondary N) is 1. The number of ether oxygens (including phenoxy) is 2. The largest absolute Gasteiger partial charge is 0.491 e. The minimum Gasteiger partial charge on any atom is -0.491 e. The van der Waals surface area contributed by atoms with Crippen LogP contribution in [0.1, 0.15) is 44.7 Å². The van der Waals surface area contributed by atoms with E-state index in [1.165, 1.54) is 16.0 Å². The molecule has 0 bridgehead atoms. The van der Waals surface area contributed by atoms with E-state index in [1.807, 2.05) is 6.07 Å². The summed E-state index contributed by atoms with van der Waals surface area (Å²) in [5, 5.41) is 10.3. The molecule has 1 aromatic carbocycles. The van der Waals surface area contributed by atoms with Crippen LogP contribution in [0.3, 0.4) is 0 Å². The van der Waals surface area contributed by atoms with E-state index in [9.17, 15) is 5.11 Å². The molecule has 1 aliphatic rings. The van der Waals surface area contributed by atoms with Gasteiger partial charge in [-0.3, -0.25) is 0 Å². The fourth-order valence-corrected chi connectivity index (χ4v) is 3.53. The number of quaternary nitrogens is 1. The Balaban J connectivity index is 1.82. The Bertz CT molecular complexity index is 493. The first kappa shape index (κ1) is 18.2. The van der Waals surface area contributed by atoms with Crippen molar-refractivity contribution in [3.05, 3.63) is 29.3 Å². The van der Waals surface area contributed by atoms with Crippen LogP contribution in [-0.2, 0) is 4.74 Å². The summed E-state index contributed by atoms with van der Waals surface area (Å²) in [5.41, 5.74) is 2.59. The third-order valence-electron chi connectivity index (χ3n) is 4.45. The maximum absolute atomic E-state index is 10.3. The lowest BCUT2D eigenvalue weighted by molar-refractivity contribution is -0.918. The molecule has 4 heteroatoms. The highest BCUT2D eigenvalue weighted by molar-refractivity contribution is 5.36. The molecule has 0 amide bonds. The predicted molar refractivity (Wildman–Crippen MR) is 92.3 cm³/mol. The second kappa shape index (κ2) is 8.13. The monoisotopic (exact) mass is 322 g/mol. The number of aryl methyl sites for hydroxylation is 1. The minimum atomic E-state index is -0.451. The van der Waals surface area contributed by atoms with Gasteiger partial charge in [-0.1, -0.05) is 19.9 Å². The summed E-state index contributed by atoms with van der Waals surface area (Å²) < 4.78 is 11.5. The molecule has 23 heavy (non-hydrogen) atoms. The Morgan fingerprint density at radius 1 is 1.26 bits per heavy atom. The average Bonchev–Trinajstić information content (AvgIpc) is 2.43. The molecule has 130 valence electrons. The van der Waals surface area contributed by atoms with Gasteiger partial charge in [0.05, 0.1) is 0 Å². The molecule has 4 nitrogen and oxygen atoms in total. The molecule has 2 rings (SSSR count). The topological polar surface area (TPSA) is 43.1 Å². The molecule has 1 aromatic rings. The summed E-state index contributed by atoms with van der Waals surface area (Å²) in [4.78, 5) is 1.39. The van der Waals surface area contributed by atoms with Gasteiger partial charge in [0.1, 0.15) is 50.3 Å². The Morgan fingerprint density at radius 3 is 2.48 bits per heavy atom. The summed E-state index contributed by atoms with van der Waals surface area (Å²) in [7, 11) is 0. The van der Waals surface area contributed by atoms with Crippen LogP contribution in [0.2, 0.25) is 0 Å². The quantitative estimate of drug-likeness (QED) is 0.835. The van der Waals surface area contributed by atoms with Crippen molar-refractivity contribution in [3.63, 3.8) is 0 Å². The van der Waals surface area contributed by atoms with Crippen molar-refractivity contribution in [3.8, 4) is 5.75 Å². The van der Waals surface area contributed by atoms with E-state index in [4.69, 9.17) is 9.47 Å². The van der Waals surface area contributed by atoms with Crippen LogP contribution in [0, 0.1) is 6.92 Å². The molecule has 1 aliphatic heterocycles. The fourth-order valence-electron chi connectivity index (χ4n) is 3.53. The normalized spacial score (nSPS) is 26.3. The number of hydrogen-bond donors (Lipinski definition) is 2. The van der Waals surface area contributed by atoms with Gasteiger partial charge >= 0.3 is 0 Å². The summed E-state index contributed by atoms with van der Waals surface area (Å²) >= 11 is 0. The number of morpholine rings is 1. The van der Waals surface area contributed by atoms with Crippen LogP contribution in [0.5, 0.6) is 5.75 Å². The van der Waals surface area contributed by atoms with Gasteiger partial charge in [0, 0.05) is 0 Å². The van der Waals surface area contributed by atoms with Gasteiger partial charge in [-0.15, -0.1) is 0 Å². The zero-order chi connectivity index (χ0) is 17.0. The molecule has 0 radical (unpaired) electrons. The van der Waals surface area contributed by atoms with Crippen molar-refractivity contribution in [2.75, 3.05) is 26.2 Å². The Hall–Kier alpha value is -1.10. The second-order valence-corrected chi connectivity index (χ2v) is 7.26. The van der Waals surface area contributed by atoms with Crippen LogP contribution in [0.25, 0.3) is 0 Å². The van der Waals surface area contributed by atoms with E-state index >= 15 is 0 Å². The molecule has 0 unspecified atom stereocenters. The number of rotatable bonds is 6. The van der Waals surface area contributed by atoms with Crippen molar-refractivity contribution < 1.29 is 19.5 Å². The first-order valence-corrected chi connectivity index (χ1v) is 8.75. The molecule has 1 fully saturated rings. The fraction of sp³-hybridized carbons (Fsp3) is 0.684. The van der Waals surface area contributed by atoms with Crippen LogP contribution < -0.4 is 9.64 Å². The molecule has 2 N–H and O–H groups in total. The zero-order valence-electron chi connectivity index (χ0n) is 15.1. The standard InChI is InChI=1S/C19H31NO3/c1-13(2)19-7-6-18(8-14(19)3)22-12-17(21)11-20-9-15(4)23-16(5)10-20/h6-8,13,15-17,21H,9-12H2,1-5H3/p+1/t15-,16-,17+/m1/s1. The first-order chi connectivity index (χ1) is 10.8. The van der Waals surface area contributed by atoms with Crippen molar-refractivity contribution >= 4 is 0 Å². The van der Waals surface area contributed by atoms with E-state index < -0.39 is 6.10 Å². The zero-order valence-corrected chi connectivity index (χ0v) is 15.1. The average molecular weight is 322 g/mol. The first-order valence-electron chi connectivity index (χ1n) is 8.75. The molecular formula is C19H32NO3+. The van der Waals surface area contributed by atoms with Crippen molar-refractivity contribution in [2.24, 2.45) is 0 Å². The second-order valence-electron chi connectivity index (χ2n) is 7.26. The van der Waals surface area contributed by atoms with Gasteiger partial charge in [0.2, 0.25) is 0 Å². The van der Waals surface area contributed by atoms with Crippen LogP contribution >= 0.6 is 0 Å². The minimum absolute atomic E-state index is 0.257. The molecule has 0 saturated carbocycles. The summed E-state index contributed by atoms with van der Waals surface area (Å²) in [6.07, 6.45) is 0.0637. The molecule has 3 atom stereocenters.